The summed E-state index contributed by atoms with van der Waals surface area (Å²) in [6.07, 6.45) is 3.64. The summed E-state index contributed by atoms with van der Waals surface area (Å²) in [6, 6.07) is 4.98. The Hall–Kier alpha value is -2.03. The van der Waals surface area contributed by atoms with E-state index in [0.29, 0.717) is 5.56 Å². The molecular formula is C17H23ClFN5O2. The largest absolute Gasteiger partial charge is 0.380 e. The Morgan fingerprint density at radius 2 is 2.19 bits per heavy atom. The van der Waals surface area contributed by atoms with Gasteiger partial charge in [-0.1, -0.05) is 11.3 Å². The zero-order valence-corrected chi connectivity index (χ0v) is 15.4. The molecule has 0 saturated carbocycles. The highest BCUT2D eigenvalue weighted by molar-refractivity contribution is 5.91. The van der Waals surface area contributed by atoms with Crippen molar-refractivity contribution in [3.63, 3.8) is 0 Å². The van der Waals surface area contributed by atoms with Crippen LogP contribution in [0.1, 0.15) is 40.5 Å². The molecule has 1 amide bonds. The quantitative estimate of drug-likeness (QED) is 0.795. The van der Waals surface area contributed by atoms with Gasteiger partial charge in [0.1, 0.15) is 5.82 Å². The van der Waals surface area contributed by atoms with Crippen LogP contribution in [0.5, 0.6) is 0 Å². The number of methoxy groups -OCH3 is 1. The molecule has 0 bridgehead atoms. The second-order valence-electron chi connectivity index (χ2n) is 6.11. The normalized spacial score (nSPS) is 14.7. The van der Waals surface area contributed by atoms with E-state index < -0.39 is 0 Å². The summed E-state index contributed by atoms with van der Waals surface area (Å²) in [4.78, 5) is 12.3. The lowest BCUT2D eigenvalue weighted by Crippen LogP contribution is -2.29. The van der Waals surface area contributed by atoms with Gasteiger partial charge in [0.05, 0.1) is 18.8 Å². The first-order chi connectivity index (χ1) is 12.2. The van der Waals surface area contributed by atoms with E-state index >= 15 is 0 Å². The maximum atomic E-state index is 13.6. The Labute approximate surface area is 157 Å². The second-order valence-corrected chi connectivity index (χ2v) is 6.11. The van der Waals surface area contributed by atoms with Crippen molar-refractivity contribution in [2.75, 3.05) is 20.2 Å². The number of benzene rings is 1. The van der Waals surface area contributed by atoms with Gasteiger partial charge < -0.3 is 15.4 Å². The number of hydrogen-bond acceptors (Lipinski definition) is 5. The molecule has 1 aliphatic rings. The molecule has 1 fully saturated rings. The molecule has 2 aromatic rings. The number of rotatable bonds is 6. The Balaban J connectivity index is 0.00000243. The topological polar surface area (TPSA) is 81.1 Å². The minimum absolute atomic E-state index is 0. The molecule has 2 heterocycles. The summed E-state index contributed by atoms with van der Waals surface area (Å²) in [5.41, 5.74) is 1.55. The van der Waals surface area contributed by atoms with Gasteiger partial charge in [0, 0.05) is 19.2 Å². The first-order valence-corrected chi connectivity index (χ1v) is 8.34. The zero-order valence-electron chi connectivity index (χ0n) is 14.6. The summed E-state index contributed by atoms with van der Waals surface area (Å²) < 4.78 is 20.3. The summed E-state index contributed by atoms with van der Waals surface area (Å²) in [7, 11) is 1.51. The number of piperidine rings is 1. The van der Waals surface area contributed by atoms with Crippen LogP contribution >= 0.6 is 12.4 Å². The fraction of sp³-hybridized carbons (Fsp3) is 0.471. The van der Waals surface area contributed by atoms with Gasteiger partial charge >= 0.3 is 0 Å². The van der Waals surface area contributed by atoms with Gasteiger partial charge in [0.15, 0.2) is 5.69 Å². The molecule has 3 rings (SSSR count). The van der Waals surface area contributed by atoms with Gasteiger partial charge in [-0.3, -0.25) is 4.79 Å². The maximum Gasteiger partial charge on any atom is 0.273 e. The van der Waals surface area contributed by atoms with Crippen molar-refractivity contribution in [1.82, 2.24) is 25.6 Å². The van der Waals surface area contributed by atoms with Gasteiger partial charge in [0.25, 0.3) is 5.91 Å². The molecule has 0 aliphatic carbocycles. The lowest BCUT2D eigenvalue weighted by molar-refractivity contribution is 0.0945. The number of amides is 1. The van der Waals surface area contributed by atoms with Crippen molar-refractivity contribution in [3.05, 3.63) is 47.0 Å². The molecule has 142 valence electrons. The molecule has 1 aromatic heterocycles. The predicted octanol–water partition coefficient (Wildman–Crippen LogP) is 1.84. The number of carbonyl (C=O) groups excluding carboxylic acids is 1. The van der Waals surface area contributed by atoms with E-state index in [1.54, 1.807) is 23.0 Å². The maximum absolute atomic E-state index is 13.6. The molecule has 0 spiro atoms. The molecule has 0 radical (unpaired) electrons. The van der Waals surface area contributed by atoms with Crippen LogP contribution in [0.25, 0.3) is 0 Å². The van der Waals surface area contributed by atoms with Crippen LogP contribution in [0.3, 0.4) is 0 Å². The Morgan fingerprint density at radius 1 is 1.42 bits per heavy atom. The van der Waals surface area contributed by atoms with Crippen LogP contribution < -0.4 is 10.6 Å². The number of aromatic nitrogens is 3. The molecule has 2 N–H and O–H groups in total. The third-order valence-electron chi connectivity index (χ3n) is 4.29. The first kappa shape index (κ1) is 20.3. The molecule has 7 nitrogen and oxygen atoms in total. The van der Waals surface area contributed by atoms with Crippen LogP contribution in [0.15, 0.2) is 24.4 Å². The standard InChI is InChI=1S/C17H22FN5O2.ClH/c1-25-11-13-8-12(2-3-15(13)18)9-20-17(24)16-10-23(22-21-16)14-4-6-19-7-5-14;/h2-3,8,10,14,19H,4-7,9,11H2,1H3,(H,20,24);1H. The van der Waals surface area contributed by atoms with Crippen LogP contribution in [-0.2, 0) is 17.9 Å². The molecule has 0 atom stereocenters. The molecule has 1 aromatic carbocycles. The number of halogens is 2. The lowest BCUT2D eigenvalue weighted by atomic mass is 10.1. The molecule has 1 aliphatic heterocycles. The van der Waals surface area contributed by atoms with E-state index in [2.05, 4.69) is 20.9 Å². The number of nitrogens with zero attached hydrogens (tertiary/aromatic N) is 3. The Bertz CT molecular complexity index is 734. The van der Waals surface area contributed by atoms with Gasteiger partial charge in [-0.05, 0) is 43.6 Å². The average molecular weight is 384 g/mol. The first-order valence-electron chi connectivity index (χ1n) is 8.34. The monoisotopic (exact) mass is 383 g/mol. The average Bonchev–Trinajstić information content (AvgIpc) is 3.13. The van der Waals surface area contributed by atoms with Crippen LogP contribution in [0, 0.1) is 5.82 Å². The third-order valence-corrected chi connectivity index (χ3v) is 4.29. The van der Waals surface area contributed by atoms with E-state index in [1.807, 2.05) is 0 Å². The van der Waals surface area contributed by atoms with Gasteiger partial charge in [0.2, 0.25) is 0 Å². The van der Waals surface area contributed by atoms with E-state index in [-0.39, 0.29) is 49.0 Å². The summed E-state index contributed by atoms with van der Waals surface area (Å²) in [6.45, 7) is 2.37. The molecular weight excluding hydrogens is 361 g/mol. The number of ether oxygens (including phenoxy) is 1. The third kappa shape index (κ3) is 5.00. The molecule has 26 heavy (non-hydrogen) atoms. The fourth-order valence-corrected chi connectivity index (χ4v) is 2.91. The van der Waals surface area contributed by atoms with Crippen LogP contribution in [0.2, 0.25) is 0 Å². The van der Waals surface area contributed by atoms with E-state index in [9.17, 15) is 9.18 Å². The van der Waals surface area contributed by atoms with Gasteiger partial charge in [-0.15, -0.1) is 17.5 Å². The number of hydrogen-bond donors (Lipinski definition) is 2. The number of carbonyl (C=O) groups is 1. The highest BCUT2D eigenvalue weighted by Gasteiger charge is 2.18. The van der Waals surface area contributed by atoms with E-state index in [1.165, 1.54) is 13.2 Å². The van der Waals surface area contributed by atoms with Crippen LogP contribution in [-0.4, -0.2) is 41.1 Å². The second kappa shape index (κ2) is 9.61. The van der Waals surface area contributed by atoms with Crippen LogP contribution in [0.4, 0.5) is 4.39 Å². The van der Waals surface area contributed by atoms with Gasteiger partial charge in [-0.25, -0.2) is 9.07 Å². The van der Waals surface area contributed by atoms with Crippen molar-refractivity contribution in [3.8, 4) is 0 Å². The van der Waals surface area contributed by atoms with Crippen molar-refractivity contribution in [2.24, 2.45) is 0 Å². The fourth-order valence-electron chi connectivity index (χ4n) is 2.91. The summed E-state index contributed by atoms with van der Waals surface area (Å²) >= 11 is 0. The Kier molecular flexibility index (Phi) is 7.50. The van der Waals surface area contributed by atoms with Gasteiger partial charge in [-0.2, -0.15) is 0 Å². The zero-order chi connectivity index (χ0) is 17.6. The summed E-state index contributed by atoms with van der Waals surface area (Å²) in [5, 5.41) is 14.1. The molecule has 9 heteroatoms. The van der Waals surface area contributed by atoms with Crippen molar-refractivity contribution < 1.29 is 13.9 Å². The SMILES string of the molecule is COCc1cc(CNC(=O)c2cn(C3CCNCC3)nn2)ccc1F.Cl. The Morgan fingerprint density at radius 3 is 2.92 bits per heavy atom. The highest BCUT2D eigenvalue weighted by atomic mass is 35.5. The minimum atomic E-state index is -0.318. The highest BCUT2D eigenvalue weighted by Crippen LogP contribution is 2.17. The lowest BCUT2D eigenvalue weighted by Gasteiger charge is -2.22. The minimum Gasteiger partial charge on any atom is -0.380 e. The van der Waals surface area contributed by atoms with Crippen molar-refractivity contribution in [2.45, 2.75) is 32.0 Å². The number of nitrogens with one attached hydrogen (secondary N) is 2. The van der Waals surface area contributed by atoms with E-state index in [4.69, 9.17) is 4.74 Å². The smallest absolute Gasteiger partial charge is 0.273 e. The predicted molar refractivity (Wildman–Crippen MR) is 96.7 cm³/mol. The molecule has 0 unspecified atom stereocenters. The van der Waals surface area contributed by atoms with Crippen molar-refractivity contribution in [1.29, 1.82) is 0 Å². The van der Waals surface area contributed by atoms with E-state index in [0.717, 1.165) is 31.5 Å². The van der Waals surface area contributed by atoms with Crippen molar-refractivity contribution >= 4 is 18.3 Å². The molecule has 1 saturated heterocycles. The summed E-state index contributed by atoms with van der Waals surface area (Å²) in [5.74, 6) is -0.611.